The van der Waals surface area contributed by atoms with E-state index in [0.29, 0.717) is 34.1 Å². The fourth-order valence-corrected chi connectivity index (χ4v) is 3.73. The van der Waals surface area contributed by atoms with Gasteiger partial charge in [0.15, 0.2) is 11.5 Å². The Balaban J connectivity index is 1.70. The van der Waals surface area contributed by atoms with Crippen LogP contribution in [0.25, 0.3) is 5.70 Å². The molecule has 1 aliphatic heterocycles. The van der Waals surface area contributed by atoms with E-state index in [0.717, 1.165) is 0 Å². The molecule has 9 heteroatoms. The second kappa shape index (κ2) is 10.4. The minimum absolute atomic E-state index is 0.168. The van der Waals surface area contributed by atoms with Crippen LogP contribution in [0, 0.1) is 11.3 Å². The van der Waals surface area contributed by atoms with Gasteiger partial charge >= 0.3 is 0 Å². The third-order valence-electron chi connectivity index (χ3n) is 5.43. The van der Waals surface area contributed by atoms with E-state index in [2.05, 4.69) is 15.6 Å². The number of nitrogens with zero attached hydrogens (tertiary/aromatic N) is 2. The van der Waals surface area contributed by atoms with Crippen LogP contribution in [0.3, 0.4) is 0 Å². The summed E-state index contributed by atoms with van der Waals surface area (Å²) in [5.41, 5.74) is 1.91. The van der Waals surface area contributed by atoms with Crippen molar-refractivity contribution in [3.05, 3.63) is 89.0 Å². The quantitative estimate of drug-likeness (QED) is 0.407. The van der Waals surface area contributed by atoms with Gasteiger partial charge in [0.05, 0.1) is 27.0 Å². The van der Waals surface area contributed by atoms with Crippen LogP contribution in [0.15, 0.2) is 77.3 Å². The SMILES string of the molecule is COc1cc(C(=O)NC2=N/C(=C(/C#N)C(=O)Nc3ccccc3)c3ccccc32)cc(OC)c1OC. The van der Waals surface area contributed by atoms with E-state index >= 15 is 0 Å². The molecule has 3 aromatic rings. The highest BCUT2D eigenvalue weighted by atomic mass is 16.5. The summed E-state index contributed by atoms with van der Waals surface area (Å²) in [5.74, 6) is 0.111. The molecule has 0 saturated carbocycles. The largest absolute Gasteiger partial charge is 0.493 e. The summed E-state index contributed by atoms with van der Waals surface area (Å²) in [6.45, 7) is 0. The Bertz CT molecular complexity index is 1410. The number of benzene rings is 3. The molecule has 1 heterocycles. The number of para-hydroxylation sites is 1. The van der Waals surface area contributed by atoms with Gasteiger partial charge < -0.3 is 24.8 Å². The Hall–Kier alpha value is -5.10. The Labute approximate surface area is 207 Å². The van der Waals surface area contributed by atoms with E-state index in [4.69, 9.17) is 14.2 Å². The first-order chi connectivity index (χ1) is 17.5. The van der Waals surface area contributed by atoms with Crippen molar-refractivity contribution < 1.29 is 23.8 Å². The Morgan fingerprint density at radius 1 is 0.833 bits per heavy atom. The van der Waals surface area contributed by atoms with E-state index < -0.39 is 11.8 Å². The average molecular weight is 482 g/mol. The number of hydrogen-bond donors (Lipinski definition) is 2. The predicted octanol–water partition coefficient (Wildman–Crippen LogP) is 3.78. The molecule has 180 valence electrons. The molecule has 1 aliphatic rings. The fourth-order valence-electron chi connectivity index (χ4n) is 3.73. The first-order valence-corrected chi connectivity index (χ1v) is 10.8. The number of methoxy groups -OCH3 is 3. The smallest absolute Gasteiger partial charge is 0.268 e. The molecule has 0 spiro atoms. The highest BCUT2D eigenvalue weighted by molar-refractivity contribution is 6.22. The van der Waals surface area contributed by atoms with Crippen LogP contribution in [0.1, 0.15) is 21.5 Å². The normalized spacial score (nSPS) is 13.0. The lowest BCUT2D eigenvalue weighted by Gasteiger charge is -2.14. The Kier molecular flexibility index (Phi) is 6.97. The highest BCUT2D eigenvalue weighted by Crippen LogP contribution is 2.38. The maximum Gasteiger partial charge on any atom is 0.268 e. The van der Waals surface area contributed by atoms with Gasteiger partial charge in [-0.25, -0.2) is 4.99 Å². The van der Waals surface area contributed by atoms with Gasteiger partial charge in [-0.05, 0) is 24.3 Å². The Morgan fingerprint density at radius 2 is 1.44 bits per heavy atom. The van der Waals surface area contributed by atoms with Crippen LogP contribution >= 0.6 is 0 Å². The van der Waals surface area contributed by atoms with Crippen molar-refractivity contribution in [3.63, 3.8) is 0 Å². The predicted molar refractivity (Wildman–Crippen MR) is 134 cm³/mol. The summed E-state index contributed by atoms with van der Waals surface area (Å²) in [4.78, 5) is 30.5. The van der Waals surface area contributed by atoms with Crippen LogP contribution < -0.4 is 24.8 Å². The van der Waals surface area contributed by atoms with Gasteiger partial charge in [-0.15, -0.1) is 0 Å². The molecule has 4 rings (SSSR count). The maximum atomic E-state index is 13.2. The molecule has 0 aromatic heterocycles. The summed E-state index contributed by atoms with van der Waals surface area (Å²) in [5, 5.41) is 15.3. The van der Waals surface area contributed by atoms with Crippen LogP contribution in [0.4, 0.5) is 5.69 Å². The molecule has 2 N–H and O–H groups in total. The molecule has 0 radical (unpaired) electrons. The van der Waals surface area contributed by atoms with Crippen LogP contribution in [0.5, 0.6) is 17.2 Å². The molecule has 0 fully saturated rings. The number of carbonyl (C=O) groups is 2. The topological polar surface area (TPSA) is 122 Å². The third-order valence-corrected chi connectivity index (χ3v) is 5.43. The Morgan fingerprint density at radius 3 is 2.03 bits per heavy atom. The number of amides is 2. The molecular formula is C27H22N4O5. The molecule has 9 nitrogen and oxygen atoms in total. The number of aliphatic imine (C=N–C) groups is 1. The lowest BCUT2D eigenvalue weighted by molar-refractivity contribution is -0.112. The van der Waals surface area contributed by atoms with Crippen molar-refractivity contribution in [2.75, 3.05) is 26.6 Å². The zero-order chi connectivity index (χ0) is 25.7. The van der Waals surface area contributed by atoms with Gasteiger partial charge in [-0.1, -0.05) is 42.5 Å². The summed E-state index contributed by atoms with van der Waals surface area (Å²) < 4.78 is 16.0. The van der Waals surface area contributed by atoms with Gasteiger partial charge in [-0.3, -0.25) is 9.59 Å². The summed E-state index contributed by atoms with van der Waals surface area (Å²) >= 11 is 0. The molecular weight excluding hydrogens is 460 g/mol. The third kappa shape index (κ3) is 4.60. The van der Waals surface area contributed by atoms with Gasteiger partial charge in [0.2, 0.25) is 5.75 Å². The van der Waals surface area contributed by atoms with Gasteiger partial charge in [0.1, 0.15) is 17.5 Å². The zero-order valence-corrected chi connectivity index (χ0v) is 19.8. The molecule has 36 heavy (non-hydrogen) atoms. The molecule has 0 unspecified atom stereocenters. The van der Waals surface area contributed by atoms with E-state index in [1.807, 2.05) is 12.1 Å². The number of nitriles is 1. The maximum absolute atomic E-state index is 13.2. The summed E-state index contributed by atoms with van der Waals surface area (Å²) in [6.07, 6.45) is 0. The molecule has 0 aliphatic carbocycles. The van der Waals surface area contributed by atoms with Gasteiger partial charge in [0, 0.05) is 22.4 Å². The number of fused-ring (bicyclic) bond motifs is 1. The van der Waals surface area contributed by atoms with Crippen molar-refractivity contribution in [2.45, 2.75) is 0 Å². The second-order valence-electron chi connectivity index (χ2n) is 7.53. The zero-order valence-electron chi connectivity index (χ0n) is 19.8. The monoisotopic (exact) mass is 482 g/mol. The number of nitrogens with one attached hydrogen (secondary N) is 2. The number of ether oxygens (including phenoxy) is 3. The number of rotatable bonds is 6. The molecule has 0 bridgehead atoms. The molecule has 2 amide bonds. The minimum atomic E-state index is -0.602. The van der Waals surface area contributed by atoms with E-state index in [1.54, 1.807) is 48.5 Å². The summed E-state index contributed by atoms with van der Waals surface area (Å²) in [7, 11) is 4.38. The van der Waals surface area contributed by atoms with Crippen molar-refractivity contribution in [2.24, 2.45) is 4.99 Å². The van der Waals surface area contributed by atoms with Crippen LogP contribution in [-0.4, -0.2) is 39.0 Å². The van der Waals surface area contributed by atoms with Crippen LogP contribution in [0.2, 0.25) is 0 Å². The van der Waals surface area contributed by atoms with E-state index in [9.17, 15) is 14.9 Å². The van der Waals surface area contributed by atoms with Crippen molar-refractivity contribution >= 4 is 29.0 Å². The highest BCUT2D eigenvalue weighted by Gasteiger charge is 2.28. The van der Waals surface area contributed by atoms with E-state index in [1.165, 1.54) is 33.5 Å². The average Bonchev–Trinajstić information content (AvgIpc) is 3.26. The molecule has 3 aromatic carbocycles. The van der Waals surface area contributed by atoms with Crippen molar-refractivity contribution in [1.82, 2.24) is 5.32 Å². The first-order valence-electron chi connectivity index (χ1n) is 10.8. The summed E-state index contributed by atoms with van der Waals surface area (Å²) in [6, 6.07) is 20.8. The second-order valence-corrected chi connectivity index (χ2v) is 7.53. The number of carbonyl (C=O) groups excluding carboxylic acids is 2. The number of hydrogen-bond acceptors (Lipinski definition) is 7. The van der Waals surface area contributed by atoms with Gasteiger partial charge in [0.25, 0.3) is 11.8 Å². The molecule has 0 atom stereocenters. The lowest BCUT2D eigenvalue weighted by Crippen LogP contribution is -2.30. The lowest BCUT2D eigenvalue weighted by atomic mass is 10.0. The fraction of sp³-hybridized carbons (Fsp3) is 0.111. The van der Waals surface area contributed by atoms with E-state index in [-0.39, 0.29) is 22.7 Å². The minimum Gasteiger partial charge on any atom is -0.493 e. The standard InChI is InChI=1S/C27H22N4O5/c1-34-21-13-16(14-22(35-2)24(21)36-3)26(32)31-25-19-12-8-7-11-18(19)23(30-25)20(15-28)27(33)29-17-9-5-4-6-10-17/h4-14H,1-3H3,(H,29,33)(H,30,31,32)/b23-20-. The van der Waals surface area contributed by atoms with Crippen molar-refractivity contribution in [1.29, 1.82) is 5.26 Å². The van der Waals surface area contributed by atoms with Gasteiger partial charge in [-0.2, -0.15) is 5.26 Å². The van der Waals surface area contributed by atoms with Crippen molar-refractivity contribution in [3.8, 4) is 23.3 Å². The van der Waals surface area contributed by atoms with Crippen LogP contribution in [-0.2, 0) is 4.79 Å². The number of amidine groups is 1. The first kappa shape index (κ1) is 24.0. The molecule has 0 saturated heterocycles. The number of anilines is 1.